The lowest BCUT2D eigenvalue weighted by Gasteiger charge is -2.22. The fraction of sp³-hybridized carbons (Fsp3) is 0.350. The molecule has 1 N–H and O–H groups in total. The largest absolute Gasteiger partial charge is 0.416 e. The van der Waals surface area contributed by atoms with E-state index in [0.29, 0.717) is 5.70 Å². The number of allylic oxidation sites excluding steroid dienone is 2. The molecule has 1 aromatic rings. The number of hydrogen-bond acceptors (Lipinski definition) is 4. The standard InChI is InChI=1S/C20H24ClF4N3O/c1-13(22)11-19(14(2)15(3)29-5)27-9-10-28(26-4)12-16-17(20(23,24)25)7-6-8-18(16)21/h6-11,14-15,27H,1,4,12H2,2-3,5H3/b10-9+,19-11-. The van der Waals surface area contributed by atoms with E-state index in [2.05, 4.69) is 23.7 Å². The average Bonchev–Trinajstić information content (AvgIpc) is 2.65. The average molecular weight is 434 g/mol. The van der Waals surface area contributed by atoms with E-state index in [0.717, 1.165) is 6.07 Å². The lowest BCUT2D eigenvalue weighted by molar-refractivity contribution is -0.138. The van der Waals surface area contributed by atoms with Crippen LogP contribution in [0, 0.1) is 5.92 Å². The van der Waals surface area contributed by atoms with E-state index in [1.165, 1.54) is 42.7 Å². The smallest absolute Gasteiger partial charge is 0.381 e. The zero-order valence-corrected chi connectivity index (χ0v) is 17.2. The molecule has 29 heavy (non-hydrogen) atoms. The number of alkyl halides is 3. The highest BCUT2D eigenvalue weighted by Gasteiger charge is 2.34. The number of nitrogens with zero attached hydrogens (tertiary/aromatic N) is 2. The number of ether oxygens (including phenoxy) is 1. The molecule has 0 aromatic heterocycles. The van der Waals surface area contributed by atoms with Crippen LogP contribution in [-0.4, -0.2) is 24.9 Å². The van der Waals surface area contributed by atoms with Crippen molar-refractivity contribution in [1.82, 2.24) is 10.3 Å². The SMILES string of the molecule is C=NN(/C=C/N/C(=C\C(=C)F)C(C)C(C)OC)Cc1c(Cl)cccc1C(F)(F)F. The summed E-state index contributed by atoms with van der Waals surface area (Å²) < 4.78 is 58.3. The number of rotatable bonds is 10. The molecule has 0 bridgehead atoms. The fourth-order valence-corrected chi connectivity index (χ4v) is 2.68. The van der Waals surface area contributed by atoms with Crippen molar-refractivity contribution in [2.24, 2.45) is 11.0 Å². The highest BCUT2D eigenvalue weighted by molar-refractivity contribution is 6.31. The van der Waals surface area contributed by atoms with Crippen LogP contribution in [0.25, 0.3) is 0 Å². The third kappa shape index (κ3) is 7.55. The third-order valence-corrected chi connectivity index (χ3v) is 4.66. The number of hydrogen-bond donors (Lipinski definition) is 1. The minimum atomic E-state index is -4.56. The van der Waals surface area contributed by atoms with Gasteiger partial charge in [-0.2, -0.15) is 18.3 Å². The predicted molar refractivity (Wildman–Crippen MR) is 108 cm³/mol. The molecule has 0 aliphatic rings. The summed E-state index contributed by atoms with van der Waals surface area (Å²) in [4.78, 5) is 0. The highest BCUT2D eigenvalue weighted by atomic mass is 35.5. The summed E-state index contributed by atoms with van der Waals surface area (Å²) in [5, 5.41) is 7.73. The number of benzene rings is 1. The molecule has 1 aromatic carbocycles. The second kappa shape index (κ2) is 11.0. The maximum Gasteiger partial charge on any atom is 0.416 e. The van der Waals surface area contributed by atoms with Crippen molar-refractivity contribution in [2.75, 3.05) is 7.11 Å². The zero-order valence-electron chi connectivity index (χ0n) is 16.4. The van der Waals surface area contributed by atoms with Crippen LogP contribution in [-0.2, 0) is 17.5 Å². The number of halogens is 5. The van der Waals surface area contributed by atoms with Crippen molar-refractivity contribution in [3.05, 3.63) is 70.9 Å². The molecular formula is C20H24ClF4N3O. The number of nitrogens with one attached hydrogen (secondary N) is 1. The van der Waals surface area contributed by atoms with Gasteiger partial charge in [-0.05, 0) is 25.1 Å². The molecule has 2 atom stereocenters. The Morgan fingerprint density at radius 2 is 2.03 bits per heavy atom. The topological polar surface area (TPSA) is 36.9 Å². The maximum absolute atomic E-state index is 13.3. The zero-order chi connectivity index (χ0) is 22.2. The van der Waals surface area contributed by atoms with Gasteiger partial charge in [-0.25, -0.2) is 4.39 Å². The minimum Gasteiger partial charge on any atom is -0.381 e. The normalized spacial score (nSPS) is 14.6. The molecule has 2 unspecified atom stereocenters. The van der Waals surface area contributed by atoms with Gasteiger partial charge in [0.15, 0.2) is 0 Å². The van der Waals surface area contributed by atoms with Gasteiger partial charge in [0.1, 0.15) is 5.83 Å². The highest BCUT2D eigenvalue weighted by Crippen LogP contribution is 2.35. The Hall–Kier alpha value is -2.32. The first-order valence-corrected chi connectivity index (χ1v) is 8.98. The Bertz CT molecular complexity index is 777. The quantitative estimate of drug-likeness (QED) is 0.217. The van der Waals surface area contributed by atoms with Gasteiger partial charge >= 0.3 is 6.18 Å². The van der Waals surface area contributed by atoms with Gasteiger partial charge in [0.2, 0.25) is 0 Å². The lowest BCUT2D eigenvalue weighted by atomic mass is 10.0. The van der Waals surface area contributed by atoms with Crippen LogP contribution in [0.4, 0.5) is 17.6 Å². The summed E-state index contributed by atoms with van der Waals surface area (Å²) >= 11 is 5.97. The van der Waals surface area contributed by atoms with Crippen LogP contribution in [0.1, 0.15) is 25.0 Å². The molecule has 0 aliphatic carbocycles. The van der Waals surface area contributed by atoms with Gasteiger partial charge in [0.25, 0.3) is 0 Å². The monoisotopic (exact) mass is 433 g/mol. The molecule has 160 valence electrons. The van der Waals surface area contributed by atoms with E-state index in [1.807, 2.05) is 13.8 Å². The summed E-state index contributed by atoms with van der Waals surface area (Å²) in [6.07, 6.45) is -0.779. The number of hydrazone groups is 1. The summed E-state index contributed by atoms with van der Waals surface area (Å²) in [6, 6.07) is 3.56. The molecule has 0 amide bonds. The molecule has 0 fully saturated rings. The summed E-state index contributed by atoms with van der Waals surface area (Å²) in [7, 11) is 1.53. The molecule has 0 heterocycles. The van der Waals surface area contributed by atoms with Crippen LogP contribution in [0.5, 0.6) is 0 Å². The molecule has 0 aliphatic heterocycles. The lowest BCUT2D eigenvalue weighted by Crippen LogP contribution is -2.25. The molecule has 9 heteroatoms. The Morgan fingerprint density at radius 1 is 1.38 bits per heavy atom. The van der Waals surface area contributed by atoms with E-state index in [9.17, 15) is 17.6 Å². The fourth-order valence-electron chi connectivity index (χ4n) is 2.45. The van der Waals surface area contributed by atoms with Gasteiger partial charge in [-0.3, -0.25) is 5.01 Å². The van der Waals surface area contributed by atoms with Crippen LogP contribution in [0.2, 0.25) is 5.02 Å². The molecule has 0 saturated carbocycles. The molecule has 4 nitrogen and oxygen atoms in total. The first-order valence-electron chi connectivity index (χ1n) is 8.61. The molecule has 0 spiro atoms. The molecule has 1 rings (SSSR count). The van der Waals surface area contributed by atoms with Crippen LogP contribution in [0.3, 0.4) is 0 Å². The van der Waals surface area contributed by atoms with E-state index < -0.39 is 17.6 Å². The van der Waals surface area contributed by atoms with Crippen molar-refractivity contribution in [2.45, 2.75) is 32.7 Å². The van der Waals surface area contributed by atoms with Gasteiger partial charge in [-0.1, -0.05) is 31.2 Å². The Kier molecular flexibility index (Phi) is 9.39. The Labute approximate surface area is 173 Å². The Morgan fingerprint density at radius 3 is 2.55 bits per heavy atom. The first-order chi connectivity index (χ1) is 13.5. The Balaban J connectivity index is 3.03. The van der Waals surface area contributed by atoms with Crippen molar-refractivity contribution in [3.8, 4) is 0 Å². The van der Waals surface area contributed by atoms with E-state index in [1.54, 1.807) is 0 Å². The summed E-state index contributed by atoms with van der Waals surface area (Å²) in [6.45, 7) is 9.97. The van der Waals surface area contributed by atoms with Gasteiger partial charge in [0.05, 0.1) is 18.2 Å². The maximum atomic E-state index is 13.3. The van der Waals surface area contributed by atoms with E-state index in [4.69, 9.17) is 16.3 Å². The van der Waals surface area contributed by atoms with Crippen molar-refractivity contribution in [1.29, 1.82) is 0 Å². The van der Waals surface area contributed by atoms with Gasteiger partial charge in [-0.15, -0.1) is 0 Å². The first kappa shape index (κ1) is 24.7. The van der Waals surface area contributed by atoms with Crippen LogP contribution in [0.15, 0.2) is 59.9 Å². The van der Waals surface area contributed by atoms with Crippen molar-refractivity contribution in [3.63, 3.8) is 0 Å². The minimum absolute atomic E-state index is 0.0355. The van der Waals surface area contributed by atoms with Gasteiger partial charge in [0, 0.05) is 48.4 Å². The summed E-state index contributed by atoms with van der Waals surface area (Å²) in [5.41, 5.74) is -0.509. The molecule has 0 radical (unpaired) electrons. The van der Waals surface area contributed by atoms with Crippen LogP contribution >= 0.6 is 11.6 Å². The third-order valence-electron chi connectivity index (χ3n) is 4.30. The van der Waals surface area contributed by atoms with Crippen molar-refractivity contribution < 1.29 is 22.3 Å². The second-order valence-electron chi connectivity index (χ2n) is 6.24. The molecular weight excluding hydrogens is 410 g/mol. The second-order valence-corrected chi connectivity index (χ2v) is 6.65. The predicted octanol–water partition coefficient (Wildman–Crippen LogP) is 5.88. The van der Waals surface area contributed by atoms with E-state index >= 15 is 0 Å². The molecule has 0 saturated heterocycles. The number of methoxy groups -OCH3 is 1. The van der Waals surface area contributed by atoms with E-state index in [-0.39, 0.29) is 29.2 Å². The van der Waals surface area contributed by atoms with Gasteiger partial charge < -0.3 is 10.1 Å². The van der Waals surface area contributed by atoms with Crippen LogP contribution < -0.4 is 5.32 Å². The van der Waals surface area contributed by atoms with Crippen molar-refractivity contribution >= 4 is 18.3 Å². The summed E-state index contributed by atoms with van der Waals surface area (Å²) in [5.74, 6) is -0.858.